The van der Waals surface area contributed by atoms with Crippen LogP contribution in [0.5, 0.6) is 0 Å². The summed E-state index contributed by atoms with van der Waals surface area (Å²) in [6.45, 7) is 0. The van der Waals surface area contributed by atoms with Gasteiger partial charge < -0.3 is 10.8 Å². The highest BCUT2D eigenvalue weighted by molar-refractivity contribution is 7.98. The molecule has 0 aliphatic carbocycles. The zero-order valence-electron chi connectivity index (χ0n) is 5.74. The Morgan fingerprint density at radius 3 is 2.60 bits per heavy atom. The first-order valence-corrected chi connectivity index (χ1v) is 4.05. The third kappa shape index (κ3) is 5.84. The van der Waals surface area contributed by atoms with E-state index >= 15 is 0 Å². The monoisotopic (exact) mass is 169 g/mol. The van der Waals surface area contributed by atoms with Crippen molar-refractivity contribution in [2.45, 2.75) is 12.5 Å². The summed E-state index contributed by atoms with van der Waals surface area (Å²) in [5.74, 6) is -0.1000. The van der Waals surface area contributed by atoms with Gasteiger partial charge in [0.25, 0.3) is 0 Å². The van der Waals surface area contributed by atoms with Crippen LogP contribution in [0.15, 0.2) is 0 Å². The lowest BCUT2D eigenvalue weighted by Crippen LogP contribution is -2.30. The molecule has 3 nitrogen and oxygen atoms in total. The summed E-state index contributed by atoms with van der Waals surface area (Å²) in [4.78, 5) is 10.1. The third-order valence-electron chi connectivity index (χ3n) is 0.950. The van der Waals surface area contributed by atoms with Gasteiger partial charge in [-0.1, -0.05) is 0 Å². The second kappa shape index (κ2) is 6.82. The van der Waals surface area contributed by atoms with Crippen LogP contribution < -0.4 is 5.73 Å². The van der Waals surface area contributed by atoms with E-state index < -0.39 is 12.0 Å². The largest absolute Gasteiger partial charge is 0.480 e. The smallest absolute Gasteiger partial charge is 0.320 e. The molecule has 0 aromatic heterocycles. The number of carboxylic acid groups (broad SMARTS) is 1. The standard InChI is InChI=1S/C5H11NO2S.FH/c1-9-3-2-4(6)5(7)8;/h4H,2-3,6H2,1H3,(H,7,8);1H. The topological polar surface area (TPSA) is 63.3 Å². The quantitative estimate of drug-likeness (QED) is 0.635. The Labute approximate surface area is 63.3 Å². The SMILES string of the molecule is CSCCC(N)C(=O)O.F. The fourth-order valence-corrected chi connectivity index (χ4v) is 0.858. The molecule has 1 atom stereocenters. The first-order valence-electron chi connectivity index (χ1n) is 2.65. The number of carbonyl (C=O) groups is 1. The first-order chi connectivity index (χ1) is 4.18. The highest BCUT2D eigenvalue weighted by atomic mass is 32.2. The van der Waals surface area contributed by atoms with Crippen LogP contribution in [-0.2, 0) is 4.79 Å². The van der Waals surface area contributed by atoms with E-state index in [1.165, 1.54) is 0 Å². The number of hydrogen-bond acceptors (Lipinski definition) is 3. The second-order valence-corrected chi connectivity index (χ2v) is 2.71. The Morgan fingerprint density at radius 2 is 2.30 bits per heavy atom. The predicted molar refractivity (Wildman–Crippen MR) is 41.1 cm³/mol. The number of hydrogen-bond donors (Lipinski definition) is 2. The molecule has 0 saturated carbocycles. The third-order valence-corrected chi connectivity index (χ3v) is 1.59. The molecule has 10 heavy (non-hydrogen) atoms. The molecule has 5 heteroatoms. The molecule has 0 aromatic carbocycles. The molecule has 0 rings (SSSR count). The van der Waals surface area contributed by atoms with E-state index in [-0.39, 0.29) is 4.70 Å². The molecular formula is C5H12FNO2S. The predicted octanol–water partition coefficient (Wildman–Crippen LogP) is 0.304. The average molecular weight is 169 g/mol. The zero-order valence-corrected chi connectivity index (χ0v) is 6.56. The van der Waals surface area contributed by atoms with Gasteiger partial charge in [-0.25, -0.2) is 0 Å². The highest BCUT2D eigenvalue weighted by Crippen LogP contribution is 1.97. The molecular weight excluding hydrogens is 157 g/mol. The lowest BCUT2D eigenvalue weighted by Gasteiger charge is -2.02. The molecule has 0 radical (unpaired) electrons. The van der Waals surface area contributed by atoms with Gasteiger partial charge in [0.2, 0.25) is 0 Å². The summed E-state index contributed by atoms with van der Waals surface area (Å²) < 4.78 is 0. The van der Waals surface area contributed by atoms with Crippen LogP contribution >= 0.6 is 11.8 Å². The Kier molecular flexibility index (Phi) is 8.46. The van der Waals surface area contributed by atoms with Crippen molar-refractivity contribution in [2.75, 3.05) is 12.0 Å². The molecule has 0 bridgehead atoms. The maximum absolute atomic E-state index is 10.1. The number of nitrogens with two attached hydrogens (primary N) is 1. The van der Waals surface area contributed by atoms with Gasteiger partial charge in [0.05, 0.1) is 0 Å². The van der Waals surface area contributed by atoms with Crippen LogP contribution in [-0.4, -0.2) is 29.1 Å². The first kappa shape index (κ1) is 12.4. The molecule has 0 spiro atoms. The number of halogens is 1. The molecule has 0 heterocycles. The summed E-state index contributed by atoms with van der Waals surface area (Å²) in [5.41, 5.74) is 5.19. The highest BCUT2D eigenvalue weighted by Gasteiger charge is 2.08. The Bertz CT molecular complexity index is 102. The van der Waals surface area contributed by atoms with Gasteiger partial charge in [-0.2, -0.15) is 11.8 Å². The molecule has 62 valence electrons. The molecule has 0 saturated heterocycles. The summed E-state index contributed by atoms with van der Waals surface area (Å²) in [6.07, 6.45) is 2.48. The maximum Gasteiger partial charge on any atom is 0.320 e. The average Bonchev–Trinajstić information content (AvgIpc) is 1.82. The number of thioether (sulfide) groups is 1. The van der Waals surface area contributed by atoms with Gasteiger partial charge in [0.15, 0.2) is 0 Å². The van der Waals surface area contributed by atoms with Gasteiger partial charge in [-0.05, 0) is 18.4 Å². The molecule has 0 aliphatic heterocycles. The number of rotatable bonds is 4. The maximum atomic E-state index is 10.1. The lowest BCUT2D eigenvalue weighted by molar-refractivity contribution is -0.138. The molecule has 0 aromatic rings. The summed E-state index contributed by atoms with van der Waals surface area (Å²) in [6, 6.07) is -0.683. The van der Waals surface area contributed by atoms with E-state index in [0.29, 0.717) is 6.42 Å². The van der Waals surface area contributed by atoms with Gasteiger partial charge in [-0.3, -0.25) is 9.50 Å². The molecule has 0 aliphatic rings. The van der Waals surface area contributed by atoms with Crippen LogP contribution in [0.25, 0.3) is 0 Å². The van der Waals surface area contributed by atoms with Crippen molar-refractivity contribution in [3.8, 4) is 0 Å². The normalized spacial score (nSPS) is 11.8. The van der Waals surface area contributed by atoms with Crippen molar-refractivity contribution in [1.82, 2.24) is 0 Å². The van der Waals surface area contributed by atoms with E-state index in [1.807, 2.05) is 6.26 Å². The van der Waals surface area contributed by atoms with Gasteiger partial charge in [0.1, 0.15) is 6.04 Å². The van der Waals surface area contributed by atoms with Crippen molar-refractivity contribution in [3.05, 3.63) is 0 Å². The van der Waals surface area contributed by atoms with E-state index in [0.717, 1.165) is 5.75 Å². The van der Waals surface area contributed by atoms with Gasteiger partial charge >= 0.3 is 5.97 Å². The lowest BCUT2D eigenvalue weighted by atomic mass is 10.2. The Balaban J connectivity index is 0. The van der Waals surface area contributed by atoms with E-state index in [1.54, 1.807) is 11.8 Å². The fourth-order valence-electron chi connectivity index (χ4n) is 0.368. The molecule has 3 N–H and O–H groups in total. The van der Waals surface area contributed by atoms with Crippen molar-refractivity contribution in [1.29, 1.82) is 0 Å². The summed E-state index contributed by atoms with van der Waals surface area (Å²) in [5, 5.41) is 8.27. The Hall–Kier alpha value is -0.290. The fraction of sp³-hybridized carbons (Fsp3) is 0.800. The van der Waals surface area contributed by atoms with Crippen molar-refractivity contribution in [2.24, 2.45) is 5.73 Å². The number of carboxylic acids is 1. The molecule has 1 unspecified atom stereocenters. The minimum absolute atomic E-state index is 0. The van der Waals surface area contributed by atoms with E-state index in [4.69, 9.17) is 10.8 Å². The van der Waals surface area contributed by atoms with E-state index in [2.05, 4.69) is 0 Å². The summed E-state index contributed by atoms with van der Waals surface area (Å²) >= 11 is 1.60. The van der Waals surface area contributed by atoms with Crippen LogP contribution in [0.1, 0.15) is 6.42 Å². The molecule has 0 amide bonds. The Morgan fingerprint density at radius 1 is 1.80 bits per heavy atom. The van der Waals surface area contributed by atoms with Crippen molar-refractivity contribution < 1.29 is 14.6 Å². The van der Waals surface area contributed by atoms with Crippen LogP contribution in [0.4, 0.5) is 4.70 Å². The van der Waals surface area contributed by atoms with Crippen LogP contribution in [0.2, 0.25) is 0 Å². The van der Waals surface area contributed by atoms with E-state index in [9.17, 15) is 4.79 Å². The van der Waals surface area contributed by atoms with Crippen LogP contribution in [0, 0.1) is 0 Å². The summed E-state index contributed by atoms with van der Waals surface area (Å²) in [7, 11) is 0. The van der Waals surface area contributed by atoms with Gasteiger partial charge in [0, 0.05) is 0 Å². The molecule has 0 fully saturated rings. The van der Waals surface area contributed by atoms with Crippen LogP contribution in [0.3, 0.4) is 0 Å². The minimum atomic E-state index is -0.913. The van der Waals surface area contributed by atoms with Crippen molar-refractivity contribution in [3.63, 3.8) is 0 Å². The van der Waals surface area contributed by atoms with Crippen molar-refractivity contribution >= 4 is 17.7 Å². The number of aliphatic carboxylic acids is 1. The second-order valence-electron chi connectivity index (χ2n) is 1.73. The zero-order chi connectivity index (χ0) is 7.28. The van der Waals surface area contributed by atoms with Gasteiger partial charge in [-0.15, -0.1) is 0 Å². The minimum Gasteiger partial charge on any atom is -0.480 e.